The van der Waals surface area contributed by atoms with Gasteiger partial charge in [0.15, 0.2) is 0 Å². The number of aliphatic hydroxyl groups excluding tert-OH is 1. The first-order valence-electron chi connectivity index (χ1n) is 6.89. The van der Waals surface area contributed by atoms with Crippen LogP contribution in [0.15, 0.2) is 0 Å². The van der Waals surface area contributed by atoms with Crippen molar-refractivity contribution in [3.63, 3.8) is 0 Å². The number of rotatable bonds is 9. The smallest absolute Gasteiger partial charge is 0.0638 e. The van der Waals surface area contributed by atoms with Crippen molar-refractivity contribution in [1.82, 2.24) is 10.2 Å². The molecule has 0 aromatic rings. The van der Waals surface area contributed by atoms with Gasteiger partial charge in [-0.2, -0.15) is 0 Å². The predicted octanol–water partition coefficient (Wildman–Crippen LogP) is 2.10. The van der Waals surface area contributed by atoms with E-state index in [1.54, 1.807) is 0 Å². The second-order valence-corrected chi connectivity index (χ2v) is 6.14. The maximum absolute atomic E-state index is 9.41. The van der Waals surface area contributed by atoms with E-state index in [0.717, 1.165) is 19.6 Å². The zero-order chi connectivity index (χ0) is 13.5. The van der Waals surface area contributed by atoms with Crippen molar-refractivity contribution in [2.45, 2.75) is 59.6 Å². The molecular formula is C14H32N2O. The van der Waals surface area contributed by atoms with E-state index in [2.05, 4.69) is 45.0 Å². The Morgan fingerprint density at radius 2 is 1.88 bits per heavy atom. The van der Waals surface area contributed by atoms with Gasteiger partial charge in [-0.15, -0.1) is 0 Å². The van der Waals surface area contributed by atoms with Crippen molar-refractivity contribution < 1.29 is 5.11 Å². The largest absolute Gasteiger partial charge is 0.392 e. The summed E-state index contributed by atoms with van der Waals surface area (Å²) >= 11 is 0. The first-order chi connectivity index (χ1) is 7.79. The Labute approximate surface area is 108 Å². The van der Waals surface area contributed by atoms with Gasteiger partial charge >= 0.3 is 0 Å². The van der Waals surface area contributed by atoms with Crippen LogP contribution in [0.3, 0.4) is 0 Å². The second kappa shape index (κ2) is 8.06. The van der Waals surface area contributed by atoms with Gasteiger partial charge in [-0.25, -0.2) is 0 Å². The first-order valence-corrected chi connectivity index (χ1v) is 6.89. The SMILES string of the molecule is CCCC(C)(CNC(C)C)CN(C)CC(C)O. The van der Waals surface area contributed by atoms with Gasteiger partial charge in [-0.3, -0.25) is 0 Å². The topological polar surface area (TPSA) is 35.5 Å². The van der Waals surface area contributed by atoms with Crippen LogP contribution in [0.5, 0.6) is 0 Å². The van der Waals surface area contributed by atoms with Crippen LogP contribution in [0.2, 0.25) is 0 Å². The van der Waals surface area contributed by atoms with E-state index in [0.29, 0.717) is 11.5 Å². The van der Waals surface area contributed by atoms with E-state index in [1.165, 1.54) is 12.8 Å². The minimum absolute atomic E-state index is 0.246. The molecule has 3 nitrogen and oxygen atoms in total. The normalized spacial score (nSPS) is 17.5. The molecule has 2 N–H and O–H groups in total. The molecule has 104 valence electrons. The quantitative estimate of drug-likeness (QED) is 0.652. The summed E-state index contributed by atoms with van der Waals surface area (Å²) in [6.07, 6.45) is 2.18. The fourth-order valence-electron chi connectivity index (χ4n) is 2.44. The van der Waals surface area contributed by atoms with Crippen molar-refractivity contribution in [3.8, 4) is 0 Å². The fraction of sp³-hybridized carbons (Fsp3) is 1.00. The van der Waals surface area contributed by atoms with Crippen molar-refractivity contribution in [2.24, 2.45) is 5.41 Å². The molecule has 0 aromatic heterocycles. The van der Waals surface area contributed by atoms with Crippen LogP contribution < -0.4 is 5.32 Å². The summed E-state index contributed by atoms with van der Waals surface area (Å²) in [6.45, 7) is 13.6. The standard InChI is InChI=1S/C14H32N2O/c1-7-8-14(5,10-15-12(2)3)11-16(6)9-13(4)17/h12-13,15,17H,7-11H2,1-6H3. The predicted molar refractivity (Wildman–Crippen MR) is 75.3 cm³/mol. The third-order valence-corrected chi connectivity index (χ3v) is 3.02. The summed E-state index contributed by atoms with van der Waals surface area (Å²) in [5, 5.41) is 13.0. The molecule has 0 radical (unpaired) electrons. The first kappa shape index (κ1) is 16.9. The molecule has 0 bridgehead atoms. The Hall–Kier alpha value is -0.120. The Balaban J connectivity index is 4.27. The third-order valence-electron chi connectivity index (χ3n) is 3.02. The van der Waals surface area contributed by atoms with E-state index >= 15 is 0 Å². The molecule has 0 fully saturated rings. The lowest BCUT2D eigenvalue weighted by molar-refractivity contribution is 0.105. The van der Waals surface area contributed by atoms with Gasteiger partial charge in [0.2, 0.25) is 0 Å². The average molecular weight is 244 g/mol. The monoisotopic (exact) mass is 244 g/mol. The zero-order valence-corrected chi connectivity index (χ0v) is 12.6. The molecule has 0 saturated carbocycles. The number of hydrogen-bond acceptors (Lipinski definition) is 3. The van der Waals surface area contributed by atoms with Crippen LogP contribution in [-0.4, -0.2) is 48.8 Å². The van der Waals surface area contributed by atoms with Gasteiger partial charge in [0.25, 0.3) is 0 Å². The van der Waals surface area contributed by atoms with Gasteiger partial charge in [-0.05, 0) is 25.8 Å². The van der Waals surface area contributed by atoms with E-state index < -0.39 is 0 Å². The molecule has 17 heavy (non-hydrogen) atoms. The maximum atomic E-state index is 9.41. The minimum Gasteiger partial charge on any atom is -0.392 e. The van der Waals surface area contributed by atoms with E-state index in [1.807, 2.05) is 6.92 Å². The lowest BCUT2D eigenvalue weighted by Crippen LogP contribution is -2.44. The summed E-state index contributed by atoms with van der Waals surface area (Å²) in [6, 6.07) is 0.535. The lowest BCUT2D eigenvalue weighted by Gasteiger charge is -2.35. The van der Waals surface area contributed by atoms with Gasteiger partial charge in [0, 0.05) is 25.7 Å². The van der Waals surface area contributed by atoms with E-state index in [9.17, 15) is 5.11 Å². The van der Waals surface area contributed by atoms with Crippen LogP contribution in [0.1, 0.15) is 47.5 Å². The molecule has 3 heteroatoms. The Bertz CT molecular complexity index is 195. The summed E-state index contributed by atoms with van der Waals surface area (Å²) in [5.74, 6) is 0. The summed E-state index contributed by atoms with van der Waals surface area (Å²) in [5.41, 5.74) is 0.294. The molecule has 0 amide bonds. The van der Waals surface area contributed by atoms with Crippen molar-refractivity contribution in [1.29, 1.82) is 0 Å². The number of aliphatic hydroxyl groups is 1. The van der Waals surface area contributed by atoms with Gasteiger partial charge in [0.05, 0.1) is 6.10 Å². The van der Waals surface area contributed by atoms with Gasteiger partial charge < -0.3 is 15.3 Å². The van der Waals surface area contributed by atoms with E-state index in [-0.39, 0.29) is 6.10 Å². The zero-order valence-electron chi connectivity index (χ0n) is 12.6. The number of hydrogen-bond donors (Lipinski definition) is 2. The Morgan fingerprint density at radius 3 is 2.29 bits per heavy atom. The fourth-order valence-corrected chi connectivity index (χ4v) is 2.44. The van der Waals surface area contributed by atoms with Crippen molar-refractivity contribution in [3.05, 3.63) is 0 Å². The van der Waals surface area contributed by atoms with Crippen molar-refractivity contribution in [2.75, 3.05) is 26.7 Å². The summed E-state index contributed by atoms with van der Waals surface area (Å²) < 4.78 is 0. The second-order valence-electron chi connectivity index (χ2n) is 6.14. The molecule has 0 aliphatic heterocycles. The highest BCUT2D eigenvalue weighted by Gasteiger charge is 2.25. The highest BCUT2D eigenvalue weighted by Crippen LogP contribution is 2.23. The molecular weight excluding hydrogens is 212 g/mol. The molecule has 2 unspecified atom stereocenters. The Kier molecular flexibility index (Phi) is 8.01. The Morgan fingerprint density at radius 1 is 1.29 bits per heavy atom. The lowest BCUT2D eigenvalue weighted by atomic mass is 9.84. The third kappa shape index (κ3) is 8.58. The highest BCUT2D eigenvalue weighted by molar-refractivity contribution is 4.81. The molecule has 0 spiro atoms. The van der Waals surface area contributed by atoms with Crippen LogP contribution in [0.4, 0.5) is 0 Å². The van der Waals surface area contributed by atoms with Crippen LogP contribution in [0, 0.1) is 5.41 Å². The number of likely N-dealkylation sites (N-methyl/N-ethyl adjacent to an activating group) is 1. The van der Waals surface area contributed by atoms with Crippen LogP contribution in [0.25, 0.3) is 0 Å². The molecule has 0 aliphatic rings. The molecule has 0 saturated heterocycles. The van der Waals surface area contributed by atoms with Gasteiger partial charge in [0.1, 0.15) is 0 Å². The number of nitrogens with one attached hydrogen (secondary N) is 1. The molecule has 0 aliphatic carbocycles. The molecule has 2 atom stereocenters. The number of nitrogens with zero attached hydrogens (tertiary/aromatic N) is 1. The molecule has 0 aromatic carbocycles. The minimum atomic E-state index is -0.246. The maximum Gasteiger partial charge on any atom is 0.0638 e. The van der Waals surface area contributed by atoms with Crippen LogP contribution >= 0.6 is 0 Å². The van der Waals surface area contributed by atoms with Crippen molar-refractivity contribution >= 4 is 0 Å². The van der Waals surface area contributed by atoms with Crippen LogP contribution in [-0.2, 0) is 0 Å². The van der Waals surface area contributed by atoms with Gasteiger partial charge in [-0.1, -0.05) is 34.1 Å². The van der Waals surface area contributed by atoms with E-state index in [4.69, 9.17) is 0 Å². The summed E-state index contributed by atoms with van der Waals surface area (Å²) in [4.78, 5) is 2.24. The summed E-state index contributed by atoms with van der Waals surface area (Å²) in [7, 11) is 2.09. The highest BCUT2D eigenvalue weighted by atomic mass is 16.3. The average Bonchev–Trinajstić information content (AvgIpc) is 2.13. The molecule has 0 heterocycles. The molecule has 0 rings (SSSR count).